The SMILES string of the molecule is Cc1cc(-c2cnc3c(NCC4CCOCC4)nc(-c4ccc(F)cc4)cn23)ccc1C(=O)NC1CC1. The molecule has 1 aliphatic heterocycles. The average Bonchev–Trinajstić information content (AvgIpc) is 3.62. The number of amides is 1. The van der Waals surface area contributed by atoms with Crippen LogP contribution in [0.2, 0.25) is 0 Å². The smallest absolute Gasteiger partial charge is 0.251 e. The quantitative estimate of drug-likeness (QED) is 0.363. The van der Waals surface area contributed by atoms with E-state index in [0.29, 0.717) is 23.3 Å². The summed E-state index contributed by atoms with van der Waals surface area (Å²) in [5.74, 6) is 0.896. The van der Waals surface area contributed by atoms with E-state index < -0.39 is 0 Å². The second kappa shape index (κ2) is 9.94. The third-order valence-corrected chi connectivity index (χ3v) is 7.21. The van der Waals surface area contributed by atoms with E-state index in [-0.39, 0.29) is 11.7 Å². The largest absolute Gasteiger partial charge is 0.381 e. The molecule has 0 atom stereocenters. The Morgan fingerprint density at radius 1 is 1.08 bits per heavy atom. The molecule has 2 aromatic heterocycles. The van der Waals surface area contributed by atoms with Crippen molar-refractivity contribution in [1.82, 2.24) is 19.7 Å². The minimum Gasteiger partial charge on any atom is -0.381 e. The van der Waals surface area contributed by atoms with Gasteiger partial charge in [0.25, 0.3) is 5.91 Å². The van der Waals surface area contributed by atoms with Crippen molar-refractivity contribution >= 4 is 17.4 Å². The molecule has 1 amide bonds. The van der Waals surface area contributed by atoms with Gasteiger partial charge in [0, 0.05) is 48.7 Å². The number of carbonyl (C=O) groups is 1. The summed E-state index contributed by atoms with van der Waals surface area (Å²) in [5.41, 5.74) is 5.72. The van der Waals surface area contributed by atoms with E-state index >= 15 is 0 Å². The first kappa shape index (κ1) is 23.6. The Labute approximate surface area is 215 Å². The van der Waals surface area contributed by atoms with Crippen molar-refractivity contribution in [3.05, 3.63) is 71.8 Å². The lowest BCUT2D eigenvalue weighted by atomic mass is 10.0. The van der Waals surface area contributed by atoms with Crippen molar-refractivity contribution in [3.63, 3.8) is 0 Å². The Balaban J connectivity index is 1.38. The Hall–Kier alpha value is -3.78. The molecule has 7 nitrogen and oxygen atoms in total. The first-order valence-electron chi connectivity index (χ1n) is 12.9. The van der Waals surface area contributed by atoms with Crippen LogP contribution in [0.1, 0.15) is 41.6 Å². The summed E-state index contributed by atoms with van der Waals surface area (Å²) in [5, 5.41) is 6.59. The van der Waals surface area contributed by atoms with E-state index in [1.165, 1.54) is 12.1 Å². The number of rotatable bonds is 7. The summed E-state index contributed by atoms with van der Waals surface area (Å²) >= 11 is 0. The van der Waals surface area contributed by atoms with Crippen molar-refractivity contribution < 1.29 is 13.9 Å². The molecule has 2 N–H and O–H groups in total. The molecule has 37 heavy (non-hydrogen) atoms. The van der Waals surface area contributed by atoms with Gasteiger partial charge in [-0.25, -0.2) is 14.4 Å². The lowest BCUT2D eigenvalue weighted by molar-refractivity contribution is 0.0699. The van der Waals surface area contributed by atoms with Gasteiger partial charge in [-0.15, -0.1) is 0 Å². The molecule has 4 aromatic rings. The number of hydrogen-bond acceptors (Lipinski definition) is 5. The van der Waals surface area contributed by atoms with Crippen LogP contribution in [0.15, 0.2) is 54.9 Å². The number of fused-ring (bicyclic) bond motifs is 1. The Bertz CT molecular complexity index is 1440. The number of anilines is 1. The van der Waals surface area contributed by atoms with Crippen LogP contribution in [0.3, 0.4) is 0 Å². The van der Waals surface area contributed by atoms with Crippen LogP contribution in [0.5, 0.6) is 0 Å². The minimum atomic E-state index is -0.285. The predicted molar refractivity (Wildman–Crippen MR) is 141 cm³/mol. The molecule has 3 heterocycles. The number of ether oxygens (including phenoxy) is 1. The zero-order valence-electron chi connectivity index (χ0n) is 20.8. The van der Waals surface area contributed by atoms with Gasteiger partial charge in [-0.05, 0) is 80.5 Å². The van der Waals surface area contributed by atoms with Gasteiger partial charge in [0.05, 0.1) is 17.6 Å². The van der Waals surface area contributed by atoms with Gasteiger partial charge < -0.3 is 15.4 Å². The van der Waals surface area contributed by atoms with E-state index in [2.05, 4.69) is 10.6 Å². The minimum absolute atomic E-state index is 0.0212. The van der Waals surface area contributed by atoms with Crippen LogP contribution >= 0.6 is 0 Å². The van der Waals surface area contributed by atoms with E-state index in [9.17, 15) is 9.18 Å². The number of aromatic nitrogens is 3. The molecule has 6 rings (SSSR count). The summed E-state index contributed by atoms with van der Waals surface area (Å²) in [6.07, 6.45) is 7.92. The average molecular weight is 500 g/mol. The summed E-state index contributed by atoms with van der Waals surface area (Å²) in [7, 11) is 0. The van der Waals surface area contributed by atoms with Crippen molar-refractivity contribution in [2.45, 2.75) is 38.6 Å². The van der Waals surface area contributed by atoms with Gasteiger partial charge in [0.15, 0.2) is 11.5 Å². The second-order valence-electron chi connectivity index (χ2n) is 10.0. The Kier molecular flexibility index (Phi) is 6.34. The highest BCUT2D eigenvalue weighted by Crippen LogP contribution is 2.30. The fourth-order valence-electron chi connectivity index (χ4n) is 4.84. The van der Waals surface area contributed by atoms with Crippen LogP contribution in [0.4, 0.5) is 10.2 Å². The van der Waals surface area contributed by atoms with Crippen LogP contribution in [-0.4, -0.2) is 46.1 Å². The normalized spacial score (nSPS) is 16.2. The number of halogens is 1. The predicted octanol–water partition coefficient (Wildman–Crippen LogP) is 5.24. The molecular formula is C29H30FN5O2. The summed E-state index contributed by atoms with van der Waals surface area (Å²) in [6, 6.07) is 12.5. The molecule has 0 spiro atoms. The fourth-order valence-corrected chi connectivity index (χ4v) is 4.84. The zero-order valence-corrected chi connectivity index (χ0v) is 20.8. The van der Waals surface area contributed by atoms with Gasteiger partial charge in [-0.1, -0.05) is 6.07 Å². The monoisotopic (exact) mass is 499 g/mol. The number of nitrogens with one attached hydrogen (secondary N) is 2. The third kappa shape index (κ3) is 5.06. The zero-order chi connectivity index (χ0) is 25.4. The topological polar surface area (TPSA) is 80.6 Å². The van der Waals surface area contributed by atoms with E-state index in [4.69, 9.17) is 14.7 Å². The van der Waals surface area contributed by atoms with Crippen molar-refractivity contribution in [3.8, 4) is 22.5 Å². The molecule has 8 heteroatoms. The van der Waals surface area contributed by atoms with Gasteiger partial charge in [0.1, 0.15) is 5.82 Å². The number of carbonyl (C=O) groups excluding carboxylic acids is 1. The molecule has 0 radical (unpaired) electrons. The molecule has 2 aliphatic rings. The second-order valence-corrected chi connectivity index (χ2v) is 10.0. The van der Waals surface area contributed by atoms with Gasteiger partial charge in [0.2, 0.25) is 0 Å². The standard InChI is InChI=1S/C29H30FN5O2/c1-18-14-21(4-9-24(18)29(36)33-23-7-8-23)26-16-32-28-27(31-15-19-10-12-37-13-11-19)34-25(17-35(26)28)20-2-5-22(30)6-3-20/h2-6,9,14,16-17,19,23H,7-8,10-13,15H2,1H3,(H,31,34)(H,33,36). The van der Waals surface area contributed by atoms with Crippen LogP contribution in [0.25, 0.3) is 28.2 Å². The van der Waals surface area contributed by atoms with E-state index in [1.807, 2.05) is 41.9 Å². The molecule has 190 valence electrons. The maximum atomic E-state index is 13.6. The number of hydrogen-bond donors (Lipinski definition) is 2. The maximum Gasteiger partial charge on any atom is 0.251 e. The molecule has 1 aliphatic carbocycles. The van der Waals surface area contributed by atoms with E-state index in [1.54, 1.807) is 12.1 Å². The summed E-state index contributed by atoms with van der Waals surface area (Å²) in [4.78, 5) is 22.2. The molecule has 1 saturated heterocycles. The first-order valence-corrected chi connectivity index (χ1v) is 12.9. The number of benzene rings is 2. The number of aryl methyl sites for hydroxylation is 1. The summed E-state index contributed by atoms with van der Waals surface area (Å²) < 4.78 is 21.1. The highest BCUT2D eigenvalue weighted by atomic mass is 19.1. The highest BCUT2D eigenvalue weighted by molar-refractivity contribution is 5.96. The highest BCUT2D eigenvalue weighted by Gasteiger charge is 2.24. The van der Waals surface area contributed by atoms with Crippen LogP contribution in [0, 0.1) is 18.7 Å². The molecular weight excluding hydrogens is 469 g/mol. The lowest BCUT2D eigenvalue weighted by Gasteiger charge is -2.22. The molecule has 2 fully saturated rings. The molecule has 1 saturated carbocycles. The maximum absolute atomic E-state index is 13.6. The fraction of sp³-hybridized carbons (Fsp3) is 0.345. The number of nitrogens with zero attached hydrogens (tertiary/aromatic N) is 3. The van der Waals surface area contributed by atoms with Gasteiger partial charge in [-0.2, -0.15) is 0 Å². The molecule has 0 bridgehead atoms. The van der Waals surface area contributed by atoms with E-state index in [0.717, 1.165) is 79.2 Å². The van der Waals surface area contributed by atoms with Gasteiger partial charge in [-0.3, -0.25) is 9.20 Å². The van der Waals surface area contributed by atoms with Crippen molar-refractivity contribution in [1.29, 1.82) is 0 Å². The van der Waals surface area contributed by atoms with Crippen molar-refractivity contribution in [2.75, 3.05) is 25.1 Å². The van der Waals surface area contributed by atoms with Crippen LogP contribution in [-0.2, 0) is 4.74 Å². The number of imidazole rings is 1. The molecule has 0 unspecified atom stereocenters. The lowest BCUT2D eigenvalue weighted by Crippen LogP contribution is -2.26. The third-order valence-electron chi connectivity index (χ3n) is 7.21. The van der Waals surface area contributed by atoms with Gasteiger partial charge >= 0.3 is 0 Å². The Morgan fingerprint density at radius 2 is 1.84 bits per heavy atom. The first-order chi connectivity index (χ1) is 18.0. The summed E-state index contributed by atoms with van der Waals surface area (Å²) in [6.45, 7) is 4.31. The van der Waals surface area contributed by atoms with Crippen LogP contribution < -0.4 is 10.6 Å². The Morgan fingerprint density at radius 3 is 2.57 bits per heavy atom. The molecule has 2 aromatic carbocycles. The van der Waals surface area contributed by atoms with Crippen molar-refractivity contribution in [2.24, 2.45) is 5.92 Å².